The molecule has 0 heterocycles. The number of benzene rings is 1. The minimum atomic E-state index is -3.22. The van der Waals surface area contributed by atoms with E-state index in [0.717, 1.165) is 17.5 Å². The molecule has 0 aromatic heterocycles. The average Bonchev–Trinajstić information content (AvgIpc) is 2.36. The Bertz CT molecular complexity index is 606. The van der Waals surface area contributed by atoms with Gasteiger partial charge in [-0.3, -0.25) is 0 Å². The van der Waals surface area contributed by atoms with E-state index in [2.05, 4.69) is 0 Å². The zero-order chi connectivity index (χ0) is 14.4. The zero-order valence-corrected chi connectivity index (χ0v) is 12.5. The van der Waals surface area contributed by atoms with Gasteiger partial charge in [0.25, 0.3) is 0 Å². The lowest BCUT2D eigenvalue weighted by Crippen LogP contribution is -2.38. The van der Waals surface area contributed by atoms with Crippen molar-refractivity contribution in [1.29, 1.82) is 0 Å². The molecule has 1 aliphatic rings. The summed E-state index contributed by atoms with van der Waals surface area (Å²) >= 11 is 0. The Morgan fingerprint density at radius 1 is 1.47 bits per heavy atom. The maximum Gasteiger partial charge on any atom is 0.156 e. The monoisotopic (exact) mass is 284 g/mol. The third kappa shape index (κ3) is 2.05. The van der Waals surface area contributed by atoms with E-state index in [1.54, 1.807) is 27.0 Å². The van der Waals surface area contributed by atoms with Gasteiger partial charge in [-0.1, -0.05) is 19.1 Å². The van der Waals surface area contributed by atoms with Gasteiger partial charge in [-0.15, -0.1) is 0 Å². The standard InChI is InChI=1S/C14H20O4S/c1-5-19(16,17)9(2)11-7-6-10-8-14(3,18-4)12(10)13(11)15/h6-7,9,15H,5,8H2,1-4H3. The van der Waals surface area contributed by atoms with Gasteiger partial charge in [-0.25, -0.2) is 8.42 Å². The van der Waals surface area contributed by atoms with Crippen LogP contribution in [0.25, 0.3) is 0 Å². The van der Waals surface area contributed by atoms with E-state index in [-0.39, 0.29) is 11.5 Å². The van der Waals surface area contributed by atoms with Crippen LogP contribution in [0.1, 0.15) is 42.7 Å². The number of hydrogen-bond donors (Lipinski definition) is 1. The molecule has 0 saturated heterocycles. The van der Waals surface area contributed by atoms with Crippen molar-refractivity contribution in [3.05, 3.63) is 28.8 Å². The van der Waals surface area contributed by atoms with Gasteiger partial charge in [0.15, 0.2) is 9.84 Å². The normalized spacial score (nSPS) is 23.6. The highest BCUT2D eigenvalue weighted by Crippen LogP contribution is 2.49. The van der Waals surface area contributed by atoms with Gasteiger partial charge in [-0.2, -0.15) is 0 Å². The number of fused-ring (bicyclic) bond motifs is 1. The number of methoxy groups -OCH3 is 1. The molecule has 0 spiro atoms. The van der Waals surface area contributed by atoms with Gasteiger partial charge in [0, 0.05) is 30.4 Å². The van der Waals surface area contributed by atoms with Crippen molar-refractivity contribution in [1.82, 2.24) is 0 Å². The average molecular weight is 284 g/mol. The summed E-state index contributed by atoms with van der Waals surface area (Å²) in [5.74, 6) is 0.129. The Balaban J connectivity index is 2.52. The SMILES string of the molecule is CCS(=O)(=O)C(C)c1ccc2c(c1O)C(C)(OC)C2. The molecule has 0 bridgehead atoms. The van der Waals surface area contributed by atoms with Gasteiger partial charge in [0.2, 0.25) is 0 Å². The number of hydrogen-bond acceptors (Lipinski definition) is 4. The number of phenolic OH excluding ortho intramolecular Hbond substituents is 1. The molecule has 19 heavy (non-hydrogen) atoms. The van der Waals surface area contributed by atoms with Crippen LogP contribution >= 0.6 is 0 Å². The molecule has 2 unspecified atom stereocenters. The smallest absolute Gasteiger partial charge is 0.156 e. The lowest BCUT2D eigenvalue weighted by molar-refractivity contribution is -0.0204. The van der Waals surface area contributed by atoms with Gasteiger partial charge in [0.1, 0.15) is 5.75 Å². The zero-order valence-electron chi connectivity index (χ0n) is 11.7. The quantitative estimate of drug-likeness (QED) is 0.921. The van der Waals surface area contributed by atoms with Gasteiger partial charge < -0.3 is 9.84 Å². The Kier molecular flexibility index (Phi) is 3.39. The molecule has 0 saturated carbocycles. The lowest BCUT2D eigenvalue weighted by atomic mass is 9.73. The predicted octanol–water partition coefficient (Wildman–Crippen LogP) is 2.31. The van der Waals surface area contributed by atoms with Crippen molar-refractivity contribution in [3.8, 4) is 5.75 Å². The molecule has 5 heteroatoms. The maximum atomic E-state index is 12.0. The first kappa shape index (κ1) is 14.3. The molecule has 106 valence electrons. The molecule has 1 aromatic rings. The van der Waals surface area contributed by atoms with Gasteiger partial charge in [0.05, 0.1) is 10.9 Å². The molecule has 2 rings (SSSR count). The summed E-state index contributed by atoms with van der Waals surface area (Å²) in [6, 6.07) is 3.59. The summed E-state index contributed by atoms with van der Waals surface area (Å²) in [4.78, 5) is 0. The Morgan fingerprint density at radius 2 is 2.11 bits per heavy atom. The van der Waals surface area contributed by atoms with Crippen molar-refractivity contribution in [2.75, 3.05) is 12.9 Å². The molecule has 1 aromatic carbocycles. The van der Waals surface area contributed by atoms with Crippen LogP contribution in [0.3, 0.4) is 0 Å². The molecular weight excluding hydrogens is 264 g/mol. The summed E-state index contributed by atoms with van der Waals surface area (Å²) in [5.41, 5.74) is 1.70. The van der Waals surface area contributed by atoms with Gasteiger partial charge >= 0.3 is 0 Å². The number of aromatic hydroxyl groups is 1. The van der Waals surface area contributed by atoms with Crippen LogP contribution in [0.15, 0.2) is 12.1 Å². The highest BCUT2D eigenvalue weighted by atomic mass is 32.2. The fourth-order valence-corrected chi connectivity index (χ4v) is 3.75. The van der Waals surface area contributed by atoms with Crippen LogP contribution in [0.5, 0.6) is 5.75 Å². The number of phenols is 1. The second-order valence-electron chi connectivity index (χ2n) is 5.24. The fraction of sp³-hybridized carbons (Fsp3) is 0.571. The van der Waals surface area contributed by atoms with Crippen LogP contribution in [-0.4, -0.2) is 26.4 Å². The van der Waals surface area contributed by atoms with Crippen molar-refractivity contribution in [2.45, 2.75) is 38.0 Å². The minimum Gasteiger partial charge on any atom is -0.507 e. The molecule has 0 radical (unpaired) electrons. The van der Waals surface area contributed by atoms with E-state index >= 15 is 0 Å². The second-order valence-corrected chi connectivity index (χ2v) is 7.85. The molecule has 0 amide bonds. The van der Waals surface area contributed by atoms with Crippen LogP contribution in [-0.2, 0) is 26.6 Å². The van der Waals surface area contributed by atoms with Crippen LogP contribution in [0.4, 0.5) is 0 Å². The third-order valence-corrected chi connectivity index (χ3v) is 6.32. The number of ether oxygens (including phenoxy) is 1. The van der Waals surface area contributed by atoms with E-state index in [1.807, 2.05) is 13.0 Å². The van der Waals surface area contributed by atoms with Crippen molar-refractivity contribution in [3.63, 3.8) is 0 Å². The second kappa shape index (κ2) is 4.49. The predicted molar refractivity (Wildman–Crippen MR) is 74.0 cm³/mol. The Hall–Kier alpha value is -1.07. The first-order valence-electron chi connectivity index (χ1n) is 6.38. The largest absolute Gasteiger partial charge is 0.507 e. The first-order chi connectivity index (χ1) is 8.77. The summed E-state index contributed by atoms with van der Waals surface area (Å²) in [6.45, 7) is 5.13. The molecule has 1 aliphatic carbocycles. The highest BCUT2D eigenvalue weighted by Gasteiger charge is 2.42. The third-order valence-electron chi connectivity index (χ3n) is 4.18. The minimum absolute atomic E-state index is 0.0617. The van der Waals surface area contributed by atoms with Crippen molar-refractivity contribution in [2.24, 2.45) is 0 Å². The van der Waals surface area contributed by atoms with Crippen molar-refractivity contribution >= 4 is 9.84 Å². The van der Waals surface area contributed by atoms with E-state index in [9.17, 15) is 13.5 Å². The summed E-state index contributed by atoms with van der Waals surface area (Å²) in [5, 5.41) is 9.68. The molecule has 4 nitrogen and oxygen atoms in total. The van der Waals surface area contributed by atoms with Crippen LogP contribution < -0.4 is 0 Å². The first-order valence-corrected chi connectivity index (χ1v) is 8.10. The maximum absolute atomic E-state index is 12.0. The molecular formula is C14H20O4S. The van der Waals surface area contributed by atoms with Crippen LogP contribution in [0, 0.1) is 0 Å². The summed E-state index contributed by atoms with van der Waals surface area (Å²) < 4.78 is 29.3. The summed E-state index contributed by atoms with van der Waals surface area (Å²) in [7, 11) is -1.63. The number of rotatable bonds is 4. The topological polar surface area (TPSA) is 63.6 Å². The van der Waals surface area contributed by atoms with E-state index in [1.165, 1.54) is 0 Å². The van der Waals surface area contributed by atoms with E-state index < -0.39 is 20.7 Å². The van der Waals surface area contributed by atoms with E-state index in [0.29, 0.717) is 5.56 Å². The fourth-order valence-electron chi connectivity index (χ4n) is 2.68. The van der Waals surface area contributed by atoms with Crippen molar-refractivity contribution < 1.29 is 18.3 Å². The van der Waals surface area contributed by atoms with Gasteiger partial charge in [-0.05, 0) is 19.4 Å². The Morgan fingerprint density at radius 3 is 2.63 bits per heavy atom. The van der Waals surface area contributed by atoms with E-state index in [4.69, 9.17) is 4.74 Å². The number of sulfone groups is 1. The Labute approximate surface area is 114 Å². The molecule has 0 fully saturated rings. The molecule has 1 N–H and O–H groups in total. The molecule has 0 aliphatic heterocycles. The highest BCUT2D eigenvalue weighted by molar-refractivity contribution is 7.91. The molecule has 2 atom stereocenters. The summed E-state index contributed by atoms with van der Waals surface area (Å²) in [6.07, 6.45) is 0.738. The lowest BCUT2D eigenvalue weighted by Gasteiger charge is -2.41. The van der Waals surface area contributed by atoms with Crippen LogP contribution in [0.2, 0.25) is 0 Å².